The predicted molar refractivity (Wildman–Crippen MR) is 87.4 cm³/mol. The Kier molecular flexibility index (Phi) is 7.64. The van der Waals surface area contributed by atoms with E-state index in [-0.39, 0.29) is 13.2 Å². The molecule has 142 valence electrons. The fourth-order valence-corrected chi connectivity index (χ4v) is 3.87. The fraction of sp³-hybridized carbons (Fsp3) is 0.867. The van der Waals surface area contributed by atoms with E-state index in [1.165, 1.54) is 20.8 Å². The number of hydrogen-bond acceptors (Lipinski definition) is 6. The van der Waals surface area contributed by atoms with Crippen LogP contribution in [0.2, 0.25) is 0 Å². The molecule has 0 saturated carbocycles. The summed E-state index contributed by atoms with van der Waals surface area (Å²) in [5.41, 5.74) is -3.16. The number of hydrogen-bond donors (Lipinski definition) is 3. The second-order valence-corrected chi connectivity index (χ2v) is 8.68. The van der Waals surface area contributed by atoms with Gasteiger partial charge in [-0.3, -0.25) is 9.36 Å². The second kappa shape index (κ2) is 7.95. The third-order valence-electron chi connectivity index (χ3n) is 3.79. The molecule has 0 saturated heterocycles. The summed E-state index contributed by atoms with van der Waals surface area (Å²) < 4.78 is 22.0. The van der Waals surface area contributed by atoms with Gasteiger partial charge in [-0.1, -0.05) is 34.6 Å². The van der Waals surface area contributed by atoms with E-state index in [4.69, 9.17) is 9.47 Å². The van der Waals surface area contributed by atoms with Gasteiger partial charge in [0.25, 0.3) is 0 Å². The van der Waals surface area contributed by atoms with Crippen molar-refractivity contribution in [3.05, 3.63) is 0 Å². The first-order valence-electron chi connectivity index (χ1n) is 7.86. The van der Waals surface area contributed by atoms with Gasteiger partial charge >= 0.3 is 19.5 Å². The van der Waals surface area contributed by atoms with E-state index in [9.17, 15) is 29.0 Å². The Bertz CT molecular complexity index is 506. The Morgan fingerprint density at radius 1 is 0.958 bits per heavy atom. The number of carbonyl (C=O) groups excluding carboxylic acids is 2. The monoisotopic (exact) mass is 368 g/mol. The van der Waals surface area contributed by atoms with Gasteiger partial charge in [0.2, 0.25) is 5.16 Å². The minimum atomic E-state index is -5.29. The van der Waals surface area contributed by atoms with Crippen molar-refractivity contribution in [2.45, 2.75) is 65.1 Å². The summed E-state index contributed by atoms with van der Waals surface area (Å²) in [5.74, 6) is -2.57. The first-order valence-corrected chi connectivity index (χ1v) is 9.47. The van der Waals surface area contributed by atoms with Gasteiger partial charge in [-0.2, -0.15) is 0 Å². The van der Waals surface area contributed by atoms with Gasteiger partial charge in [-0.25, -0.2) is 4.79 Å². The lowest BCUT2D eigenvalue weighted by Gasteiger charge is -2.42. The van der Waals surface area contributed by atoms with Gasteiger partial charge in [0.1, 0.15) is 0 Å². The van der Waals surface area contributed by atoms with E-state index in [0.29, 0.717) is 0 Å². The minimum Gasteiger partial charge on any atom is -0.464 e. The summed E-state index contributed by atoms with van der Waals surface area (Å²) in [6, 6.07) is 0. The quantitative estimate of drug-likeness (QED) is 0.435. The number of aliphatic hydroxyl groups is 1. The number of carbonyl (C=O) groups is 2. The molecule has 0 fully saturated rings. The smallest absolute Gasteiger partial charge is 0.346 e. The van der Waals surface area contributed by atoms with Crippen LogP contribution in [-0.4, -0.2) is 50.8 Å². The molecule has 24 heavy (non-hydrogen) atoms. The summed E-state index contributed by atoms with van der Waals surface area (Å²) in [5, 5.41) is 8.07. The molecule has 0 aromatic carbocycles. The van der Waals surface area contributed by atoms with Gasteiger partial charge in [-0.05, 0) is 25.2 Å². The third kappa shape index (κ3) is 4.36. The topological polar surface area (TPSA) is 130 Å². The largest absolute Gasteiger partial charge is 0.464 e. The van der Waals surface area contributed by atoms with Gasteiger partial charge in [0, 0.05) is 0 Å². The molecule has 0 bridgehead atoms. The highest BCUT2D eigenvalue weighted by Gasteiger charge is 2.70. The number of rotatable bonds is 8. The fourth-order valence-electron chi connectivity index (χ4n) is 2.43. The Labute approximate surface area is 142 Å². The highest BCUT2D eigenvalue weighted by atomic mass is 31.2. The van der Waals surface area contributed by atoms with E-state index in [1.54, 1.807) is 20.8 Å². The van der Waals surface area contributed by atoms with Crippen LogP contribution in [0.25, 0.3) is 0 Å². The Balaban J connectivity index is 6.20. The zero-order chi connectivity index (χ0) is 19.4. The van der Waals surface area contributed by atoms with Crippen molar-refractivity contribution in [3.8, 4) is 0 Å². The first-order chi connectivity index (χ1) is 10.7. The summed E-state index contributed by atoms with van der Waals surface area (Å²) in [4.78, 5) is 44.6. The highest BCUT2D eigenvalue weighted by Crippen LogP contribution is 2.59. The van der Waals surface area contributed by atoms with E-state index >= 15 is 0 Å². The standard InChI is InChI=1S/C15H29O8P/c1-7-14(18,11(16)22-9-3)15(8-2,24(19,20)21)12(17)23-10-13(4,5)6/h18H,7-10H2,1-6H3,(H2,19,20,21). The first kappa shape index (κ1) is 23.1. The molecule has 0 spiro atoms. The van der Waals surface area contributed by atoms with Crippen molar-refractivity contribution in [1.29, 1.82) is 0 Å². The molecule has 0 aliphatic rings. The lowest BCUT2D eigenvalue weighted by Crippen LogP contribution is -2.63. The molecular formula is C15H29O8P. The molecule has 0 aliphatic heterocycles. The van der Waals surface area contributed by atoms with E-state index in [2.05, 4.69) is 0 Å². The molecule has 2 atom stereocenters. The minimum absolute atomic E-state index is 0.112. The van der Waals surface area contributed by atoms with Crippen molar-refractivity contribution in [1.82, 2.24) is 0 Å². The molecule has 0 aliphatic carbocycles. The molecule has 0 aromatic rings. The molecule has 2 unspecified atom stereocenters. The van der Waals surface area contributed by atoms with Crippen LogP contribution in [0.4, 0.5) is 0 Å². The van der Waals surface area contributed by atoms with Crippen LogP contribution in [0, 0.1) is 5.41 Å². The normalized spacial score (nSPS) is 17.5. The van der Waals surface area contributed by atoms with Crippen LogP contribution in [0.5, 0.6) is 0 Å². The summed E-state index contributed by atoms with van der Waals surface area (Å²) >= 11 is 0. The molecule has 0 radical (unpaired) electrons. The molecule has 8 nitrogen and oxygen atoms in total. The van der Waals surface area contributed by atoms with Crippen LogP contribution in [0.3, 0.4) is 0 Å². The zero-order valence-corrected chi connectivity index (χ0v) is 16.1. The second-order valence-electron chi connectivity index (χ2n) is 6.83. The maximum Gasteiger partial charge on any atom is 0.346 e. The van der Waals surface area contributed by atoms with Crippen molar-refractivity contribution in [2.24, 2.45) is 5.41 Å². The van der Waals surface area contributed by atoms with Crippen LogP contribution in [0.15, 0.2) is 0 Å². The molecular weight excluding hydrogens is 339 g/mol. The van der Waals surface area contributed by atoms with Crippen LogP contribution < -0.4 is 0 Å². The molecule has 0 aromatic heterocycles. The van der Waals surface area contributed by atoms with Crippen molar-refractivity contribution in [2.75, 3.05) is 13.2 Å². The highest BCUT2D eigenvalue weighted by molar-refractivity contribution is 7.55. The Hall–Kier alpha value is -0.950. The number of esters is 2. The molecule has 3 N–H and O–H groups in total. The third-order valence-corrected chi connectivity index (χ3v) is 5.66. The van der Waals surface area contributed by atoms with Gasteiger partial charge in [0.15, 0.2) is 5.60 Å². The maximum absolute atomic E-state index is 12.6. The molecule has 0 rings (SSSR count). The number of ether oxygens (including phenoxy) is 2. The van der Waals surface area contributed by atoms with Crippen molar-refractivity contribution in [3.63, 3.8) is 0 Å². The lowest BCUT2D eigenvalue weighted by molar-refractivity contribution is -0.181. The van der Waals surface area contributed by atoms with Crippen molar-refractivity contribution < 1.29 is 38.5 Å². The van der Waals surface area contributed by atoms with Crippen molar-refractivity contribution >= 4 is 19.5 Å². The predicted octanol–water partition coefficient (Wildman–Crippen LogP) is 1.61. The zero-order valence-electron chi connectivity index (χ0n) is 15.2. The summed E-state index contributed by atoms with van der Waals surface area (Å²) in [7, 11) is -5.29. The summed E-state index contributed by atoms with van der Waals surface area (Å²) in [6.45, 7) is 9.19. The average molecular weight is 368 g/mol. The average Bonchev–Trinajstić information content (AvgIpc) is 2.43. The van der Waals surface area contributed by atoms with E-state index < -0.39 is 48.5 Å². The van der Waals surface area contributed by atoms with Crippen LogP contribution in [0.1, 0.15) is 54.4 Å². The van der Waals surface area contributed by atoms with Crippen LogP contribution >= 0.6 is 7.60 Å². The SMILES string of the molecule is CCOC(=O)C(O)(CC)C(CC)(C(=O)OCC(C)(C)C)P(=O)(O)O. The molecule has 0 amide bonds. The molecule has 0 heterocycles. The maximum atomic E-state index is 12.6. The molecule has 9 heteroatoms. The van der Waals surface area contributed by atoms with Gasteiger partial charge < -0.3 is 24.4 Å². The summed E-state index contributed by atoms with van der Waals surface area (Å²) in [6.07, 6.45) is -0.918. The Morgan fingerprint density at radius 2 is 1.46 bits per heavy atom. The van der Waals surface area contributed by atoms with E-state index in [0.717, 1.165) is 0 Å². The van der Waals surface area contributed by atoms with Gasteiger partial charge in [-0.15, -0.1) is 0 Å². The van der Waals surface area contributed by atoms with Crippen LogP contribution in [-0.2, 0) is 23.6 Å². The van der Waals surface area contributed by atoms with Gasteiger partial charge in [0.05, 0.1) is 13.2 Å². The van der Waals surface area contributed by atoms with E-state index in [1.807, 2.05) is 0 Å². The Morgan fingerprint density at radius 3 is 1.75 bits per heavy atom. The lowest BCUT2D eigenvalue weighted by atomic mass is 9.81.